The molecule has 2 aromatic rings. The molecule has 3 heterocycles. The van der Waals surface area contributed by atoms with Gasteiger partial charge in [-0.3, -0.25) is 9.47 Å². The third-order valence-corrected chi connectivity index (χ3v) is 3.39. The summed E-state index contributed by atoms with van der Waals surface area (Å²) in [5.74, 6) is 0.796. The van der Waals surface area contributed by atoms with Crippen molar-refractivity contribution in [2.75, 3.05) is 26.3 Å². The molecule has 0 bridgehead atoms. The lowest BCUT2D eigenvalue weighted by molar-refractivity contribution is 0.0266. The molecule has 1 unspecified atom stereocenters. The van der Waals surface area contributed by atoms with Crippen LogP contribution in [0, 0.1) is 11.3 Å². The lowest BCUT2D eigenvalue weighted by Gasteiger charge is -2.30. The van der Waals surface area contributed by atoms with E-state index in [1.165, 1.54) is 0 Å². The summed E-state index contributed by atoms with van der Waals surface area (Å²) in [5, 5.41) is 9.41. The molecular formula is C14H15N5O. The zero-order chi connectivity index (χ0) is 13.8. The van der Waals surface area contributed by atoms with E-state index in [2.05, 4.69) is 20.9 Å². The van der Waals surface area contributed by atoms with Gasteiger partial charge < -0.3 is 4.74 Å². The quantitative estimate of drug-likeness (QED) is 0.836. The summed E-state index contributed by atoms with van der Waals surface area (Å²) in [6.45, 7) is 2.92. The van der Waals surface area contributed by atoms with Crippen molar-refractivity contribution in [2.45, 2.75) is 6.04 Å². The number of ether oxygens (including phenoxy) is 1. The second kappa shape index (κ2) is 5.82. The Bertz CT molecular complexity index is 581. The zero-order valence-corrected chi connectivity index (χ0v) is 11.0. The summed E-state index contributed by atoms with van der Waals surface area (Å²) in [5.41, 5.74) is 0.915. The van der Waals surface area contributed by atoms with E-state index in [0.29, 0.717) is 13.2 Å². The highest BCUT2D eigenvalue weighted by Crippen LogP contribution is 2.21. The fourth-order valence-electron chi connectivity index (χ4n) is 2.31. The van der Waals surface area contributed by atoms with Gasteiger partial charge in [0, 0.05) is 37.2 Å². The van der Waals surface area contributed by atoms with Crippen molar-refractivity contribution in [1.29, 1.82) is 5.26 Å². The first-order valence-corrected chi connectivity index (χ1v) is 6.54. The molecule has 0 radical (unpaired) electrons. The molecule has 0 spiro atoms. The van der Waals surface area contributed by atoms with Gasteiger partial charge in [-0.05, 0) is 6.07 Å². The van der Waals surface area contributed by atoms with E-state index in [4.69, 9.17) is 4.74 Å². The van der Waals surface area contributed by atoms with Crippen LogP contribution >= 0.6 is 0 Å². The normalized spacial score (nSPS) is 17.6. The minimum absolute atomic E-state index is 0.261. The maximum atomic E-state index is 9.41. The van der Waals surface area contributed by atoms with Gasteiger partial charge in [0.1, 0.15) is 18.2 Å². The summed E-state index contributed by atoms with van der Waals surface area (Å²) < 4.78 is 7.15. The second-order valence-electron chi connectivity index (χ2n) is 4.60. The Morgan fingerprint density at radius 1 is 1.30 bits per heavy atom. The maximum Gasteiger partial charge on any atom is 0.137 e. The van der Waals surface area contributed by atoms with Gasteiger partial charge >= 0.3 is 0 Å². The van der Waals surface area contributed by atoms with Crippen molar-refractivity contribution in [3.8, 4) is 11.9 Å². The topological polar surface area (TPSA) is 67.0 Å². The van der Waals surface area contributed by atoms with Gasteiger partial charge in [-0.25, -0.2) is 9.97 Å². The molecule has 0 N–H and O–H groups in total. The minimum Gasteiger partial charge on any atom is -0.379 e. The Labute approximate surface area is 117 Å². The van der Waals surface area contributed by atoms with Crippen LogP contribution in [0.3, 0.4) is 0 Å². The molecule has 1 aliphatic rings. The highest BCUT2D eigenvalue weighted by atomic mass is 16.5. The molecule has 20 heavy (non-hydrogen) atoms. The number of morpholine rings is 1. The first-order chi connectivity index (χ1) is 9.88. The number of hydrogen-bond donors (Lipinski definition) is 0. The molecule has 6 heteroatoms. The van der Waals surface area contributed by atoms with Crippen LogP contribution in [0.2, 0.25) is 0 Å². The van der Waals surface area contributed by atoms with Gasteiger partial charge in [-0.2, -0.15) is 5.26 Å². The summed E-state index contributed by atoms with van der Waals surface area (Å²) in [6, 6.07) is 5.95. The van der Waals surface area contributed by atoms with Crippen LogP contribution in [-0.2, 0) is 4.74 Å². The van der Waals surface area contributed by atoms with Crippen molar-refractivity contribution >= 4 is 0 Å². The van der Waals surface area contributed by atoms with Crippen LogP contribution in [0.25, 0.3) is 5.82 Å². The minimum atomic E-state index is -0.261. The maximum absolute atomic E-state index is 9.41. The monoisotopic (exact) mass is 269 g/mol. The number of aromatic nitrogens is 3. The van der Waals surface area contributed by atoms with Crippen molar-refractivity contribution in [1.82, 2.24) is 19.4 Å². The average molecular weight is 269 g/mol. The van der Waals surface area contributed by atoms with Gasteiger partial charge in [0.15, 0.2) is 0 Å². The molecule has 0 aromatic carbocycles. The Balaban J connectivity index is 1.80. The third kappa shape index (κ3) is 2.54. The molecule has 1 saturated heterocycles. The highest BCUT2D eigenvalue weighted by molar-refractivity contribution is 5.29. The van der Waals surface area contributed by atoms with Crippen molar-refractivity contribution in [2.24, 2.45) is 0 Å². The van der Waals surface area contributed by atoms with Crippen molar-refractivity contribution < 1.29 is 4.74 Å². The van der Waals surface area contributed by atoms with E-state index in [9.17, 15) is 5.26 Å². The number of imidazole rings is 1. The van der Waals surface area contributed by atoms with Crippen LogP contribution in [0.5, 0.6) is 0 Å². The van der Waals surface area contributed by atoms with Crippen LogP contribution in [-0.4, -0.2) is 45.7 Å². The van der Waals surface area contributed by atoms with Crippen LogP contribution in [0.4, 0.5) is 0 Å². The van der Waals surface area contributed by atoms with E-state index in [-0.39, 0.29) is 6.04 Å². The zero-order valence-electron chi connectivity index (χ0n) is 11.0. The molecule has 6 nitrogen and oxygen atoms in total. The molecule has 2 aromatic heterocycles. The van der Waals surface area contributed by atoms with Gasteiger partial charge in [0.2, 0.25) is 0 Å². The molecule has 0 saturated carbocycles. The summed E-state index contributed by atoms with van der Waals surface area (Å²) in [6.07, 6.45) is 7.01. The summed E-state index contributed by atoms with van der Waals surface area (Å²) in [4.78, 5) is 10.5. The average Bonchev–Trinajstić information content (AvgIpc) is 3.04. The number of nitriles is 1. The Kier molecular flexibility index (Phi) is 3.72. The molecule has 3 rings (SSSR count). The van der Waals surface area contributed by atoms with E-state index in [1.54, 1.807) is 18.7 Å². The number of hydrogen-bond acceptors (Lipinski definition) is 5. The van der Waals surface area contributed by atoms with E-state index >= 15 is 0 Å². The Morgan fingerprint density at radius 3 is 2.75 bits per heavy atom. The predicted octanol–water partition coefficient (Wildman–Crippen LogP) is 1.16. The Hall–Kier alpha value is -2.23. The van der Waals surface area contributed by atoms with Gasteiger partial charge in [0.05, 0.1) is 19.3 Å². The lowest BCUT2D eigenvalue weighted by Crippen LogP contribution is -2.38. The Morgan fingerprint density at radius 2 is 2.15 bits per heavy atom. The SMILES string of the molecule is N#CC(c1ccc(-n2ccnc2)nc1)N1CCOCC1. The first-order valence-electron chi connectivity index (χ1n) is 6.54. The largest absolute Gasteiger partial charge is 0.379 e. The first kappa shape index (κ1) is 12.8. The molecular weight excluding hydrogens is 254 g/mol. The molecule has 0 amide bonds. The standard InChI is InChI=1S/C14H15N5O/c15-9-13(18-5-7-20-8-6-18)12-1-2-14(17-10-12)19-4-3-16-11-19/h1-4,10-11,13H,5-8H2. The smallest absolute Gasteiger partial charge is 0.137 e. The molecule has 102 valence electrons. The van der Waals surface area contributed by atoms with E-state index in [0.717, 1.165) is 24.5 Å². The number of rotatable bonds is 3. The second-order valence-corrected chi connectivity index (χ2v) is 4.60. The molecule has 1 atom stereocenters. The fraction of sp³-hybridized carbons (Fsp3) is 0.357. The van der Waals surface area contributed by atoms with Crippen molar-refractivity contribution in [3.63, 3.8) is 0 Å². The summed E-state index contributed by atoms with van der Waals surface area (Å²) >= 11 is 0. The molecule has 0 aliphatic carbocycles. The predicted molar refractivity (Wildman–Crippen MR) is 72.1 cm³/mol. The number of nitrogens with zero attached hydrogens (tertiary/aromatic N) is 5. The highest BCUT2D eigenvalue weighted by Gasteiger charge is 2.22. The third-order valence-electron chi connectivity index (χ3n) is 3.39. The lowest BCUT2D eigenvalue weighted by atomic mass is 10.1. The van der Waals surface area contributed by atoms with Gasteiger partial charge in [-0.1, -0.05) is 6.07 Å². The van der Waals surface area contributed by atoms with E-state index in [1.807, 2.05) is 22.9 Å². The van der Waals surface area contributed by atoms with Crippen LogP contribution in [0.1, 0.15) is 11.6 Å². The summed E-state index contributed by atoms with van der Waals surface area (Å²) in [7, 11) is 0. The van der Waals surface area contributed by atoms with E-state index < -0.39 is 0 Å². The molecule has 1 aliphatic heterocycles. The number of pyridine rings is 1. The fourth-order valence-corrected chi connectivity index (χ4v) is 2.31. The van der Waals surface area contributed by atoms with Crippen molar-refractivity contribution in [3.05, 3.63) is 42.6 Å². The van der Waals surface area contributed by atoms with Crippen LogP contribution < -0.4 is 0 Å². The van der Waals surface area contributed by atoms with Gasteiger partial charge in [0.25, 0.3) is 0 Å². The van der Waals surface area contributed by atoms with Crippen LogP contribution in [0.15, 0.2) is 37.1 Å². The molecule has 1 fully saturated rings. The van der Waals surface area contributed by atoms with Gasteiger partial charge in [-0.15, -0.1) is 0 Å².